The van der Waals surface area contributed by atoms with Crippen molar-refractivity contribution in [3.63, 3.8) is 0 Å². The van der Waals surface area contributed by atoms with Crippen molar-refractivity contribution >= 4 is 11.9 Å². The summed E-state index contributed by atoms with van der Waals surface area (Å²) in [5.41, 5.74) is 1.06. The molecule has 1 aromatic rings. The number of hydrogen-bond donors (Lipinski definition) is 3. The predicted octanol–water partition coefficient (Wildman–Crippen LogP) is 1.02. The second-order valence-corrected chi connectivity index (χ2v) is 4.27. The first kappa shape index (κ1) is 16.0. The SMILES string of the molecule is CCCNC(=O)NC(=O)COc1cccc(CNC)c1. The van der Waals surface area contributed by atoms with Gasteiger partial charge in [0.15, 0.2) is 6.61 Å². The minimum Gasteiger partial charge on any atom is -0.484 e. The zero-order valence-electron chi connectivity index (χ0n) is 11.9. The topological polar surface area (TPSA) is 79.5 Å². The predicted molar refractivity (Wildman–Crippen MR) is 76.5 cm³/mol. The summed E-state index contributed by atoms with van der Waals surface area (Å²) in [6.07, 6.45) is 0.816. The van der Waals surface area contributed by atoms with Crippen LogP contribution < -0.4 is 20.7 Å². The highest BCUT2D eigenvalue weighted by molar-refractivity contribution is 5.94. The van der Waals surface area contributed by atoms with Crippen LogP contribution in [0.2, 0.25) is 0 Å². The Morgan fingerprint density at radius 1 is 1.30 bits per heavy atom. The molecule has 0 aliphatic carbocycles. The summed E-state index contributed by atoms with van der Waals surface area (Å²) >= 11 is 0. The molecule has 3 amide bonds. The van der Waals surface area contributed by atoms with Crippen molar-refractivity contribution in [3.8, 4) is 5.75 Å². The van der Waals surface area contributed by atoms with Crippen LogP contribution in [-0.2, 0) is 11.3 Å². The summed E-state index contributed by atoms with van der Waals surface area (Å²) in [6, 6.07) is 6.93. The van der Waals surface area contributed by atoms with E-state index in [1.165, 1.54) is 0 Å². The molecular formula is C14H21N3O3. The van der Waals surface area contributed by atoms with Gasteiger partial charge in [-0.3, -0.25) is 10.1 Å². The van der Waals surface area contributed by atoms with Crippen molar-refractivity contribution in [3.05, 3.63) is 29.8 Å². The summed E-state index contributed by atoms with van der Waals surface area (Å²) in [7, 11) is 1.86. The molecule has 0 fully saturated rings. The third kappa shape index (κ3) is 6.19. The normalized spacial score (nSPS) is 9.90. The number of nitrogens with one attached hydrogen (secondary N) is 3. The molecule has 6 heteroatoms. The number of carbonyl (C=O) groups is 2. The molecule has 0 saturated carbocycles. The van der Waals surface area contributed by atoms with E-state index in [-0.39, 0.29) is 6.61 Å². The minimum atomic E-state index is -0.496. The Morgan fingerprint density at radius 2 is 2.10 bits per heavy atom. The second-order valence-electron chi connectivity index (χ2n) is 4.27. The van der Waals surface area contributed by atoms with E-state index in [2.05, 4.69) is 16.0 Å². The molecule has 0 aliphatic heterocycles. The molecule has 6 nitrogen and oxygen atoms in total. The molecule has 0 saturated heterocycles. The van der Waals surface area contributed by atoms with Crippen LogP contribution in [0.5, 0.6) is 5.75 Å². The molecule has 0 aliphatic rings. The Hall–Kier alpha value is -2.08. The van der Waals surface area contributed by atoms with Gasteiger partial charge in [0.1, 0.15) is 5.75 Å². The lowest BCUT2D eigenvalue weighted by Gasteiger charge is -2.08. The van der Waals surface area contributed by atoms with Gasteiger partial charge in [-0.2, -0.15) is 0 Å². The zero-order valence-corrected chi connectivity index (χ0v) is 11.9. The lowest BCUT2D eigenvalue weighted by molar-refractivity contribution is -0.122. The first-order valence-corrected chi connectivity index (χ1v) is 6.59. The van der Waals surface area contributed by atoms with Crippen LogP contribution in [0.15, 0.2) is 24.3 Å². The molecule has 110 valence electrons. The average Bonchev–Trinajstić information content (AvgIpc) is 2.44. The number of ether oxygens (including phenoxy) is 1. The lowest BCUT2D eigenvalue weighted by Crippen LogP contribution is -2.41. The smallest absolute Gasteiger partial charge is 0.321 e. The van der Waals surface area contributed by atoms with Crippen LogP contribution in [0.3, 0.4) is 0 Å². The molecule has 0 bridgehead atoms. The molecule has 3 N–H and O–H groups in total. The number of benzene rings is 1. The summed E-state index contributed by atoms with van der Waals surface area (Å²) in [4.78, 5) is 22.7. The number of rotatable bonds is 7. The zero-order chi connectivity index (χ0) is 14.8. The van der Waals surface area contributed by atoms with Gasteiger partial charge in [0.05, 0.1) is 0 Å². The minimum absolute atomic E-state index is 0.192. The van der Waals surface area contributed by atoms with Gasteiger partial charge in [-0.25, -0.2) is 4.79 Å². The number of urea groups is 1. The van der Waals surface area contributed by atoms with E-state index in [1.54, 1.807) is 6.07 Å². The Morgan fingerprint density at radius 3 is 2.80 bits per heavy atom. The van der Waals surface area contributed by atoms with Crippen LogP contribution in [-0.4, -0.2) is 32.1 Å². The highest BCUT2D eigenvalue weighted by Crippen LogP contribution is 2.12. The first-order valence-electron chi connectivity index (χ1n) is 6.59. The van der Waals surface area contributed by atoms with E-state index in [0.717, 1.165) is 18.5 Å². The molecule has 0 atom stereocenters. The van der Waals surface area contributed by atoms with Gasteiger partial charge in [-0.1, -0.05) is 19.1 Å². The first-order chi connectivity index (χ1) is 9.65. The molecule has 0 radical (unpaired) electrons. The van der Waals surface area contributed by atoms with Gasteiger partial charge in [-0.15, -0.1) is 0 Å². The van der Waals surface area contributed by atoms with E-state index in [4.69, 9.17) is 4.74 Å². The van der Waals surface area contributed by atoms with E-state index >= 15 is 0 Å². The van der Waals surface area contributed by atoms with Gasteiger partial charge in [-0.05, 0) is 31.2 Å². The highest BCUT2D eigenvalue weighted by atomic mass is 16.5. The van der Waals surface area contributed by atoms with Gasteiger partial charge in [0, 0.05) is 13.1 Å². The Balaban J connectivity index is 2.36. The largest absolute Gasteiger partial charge is 0.484 e. The van der Waals surface area contributed by atoms with E-state index in [9.17, 15) is 9.59 Å². The number of amides is 3. The van der Waals surface area contributed by atoms with Crippen molar-refractivity contribution in [1.82, 2.24) is 16.0 Å². The molecule has 0 aromatic heterocycles. The molecular weight excluding hydrogens is 258 g/mol. The van der Waals surface area contributed by atoms with Crippen molar-refractivity contribution < 1.29 is 14.3 Å². The molecule has 0 unspecified atom stereocenters. The fourth-order valence-electron chi connectivity index (χ4n) is 1.54. The van der Waals surface area contributed by atoms with Gasteiger partial charge in [0.25, 0.3) is 5.91 Å². The number of imide groups is 1. The molecule has 0 heterocycles. The summed E-state index contributed by atoms with van der Waals surface area (Å²) < 4.78 is 5.34. The van der Waals surface area contributed by atoms with Crippen LogP contribution in [0.1, 0.15) is 18.9 Å². The number of hydrogen-bond acceptors (Lipinski definition) is 4. The van der Waals surface area contributed by atoms with Crippen LogP contribution in [0.4, 0.5) is 4.79 Å². The fourth-order valence-corrected chi connectivity index (χ4v) is 1.54. The van der Waals surface area contributed by atoms with Gasteiger partial charge >= 0.3 is 6.03 Å². The van der Waals surface area contributed by atoms with Gasteiger partial charge < -0.3 is 15.4 Å². The van der Waals surface area contributed by atoms with E-state index < -0.39 is 11.9 Å². The van der Waals surface area contributed by atoms with Crippen LogP contribution in [0.25, 0.3) is 0 Å². The summed E-state index contributed by atoms with van der Waals surface area (Å²) in [6.45, 7) is 3.00. The van der Waals surface area contributed by atoms with Crippen molar-refractivity contribution in [2.24, 2.45) is 0 Å². The Kier molecular flexibility index (Phi) is 7.13. The highest BCUT2D eigenvalue weighted by Gasteiger charge is 2.07. The molecule has 1 aromatic carbocycles. The third-order valence-corrected chi connectivity index (χ3v) is 2.44. The lowest BCUT2D eigenvalue weighted by atomic mass is 10.2. The molecule has 0 spiro atoms. The fraction of sp³-hybridized carbons (Fsp3) is 0.429. The summed E-state index contributed by atoms with van der Waals surface area (Å²) in [5.74, 6) is 0.125. The van der Waals surface area contributed by atoms with Crippen LogP contribution in [0, 0.1) is 0 Å². The molecule has 20 heavy (non-hydrogen) atoms. The number of carbonyl (C=O) groups excluding carboxylic acids is 2. The van der Waals surface area contributed by atoms with Crippen molar-refractivity contribution in [2.75, 3.05) is 20.2 Å². The summed E-state index contributed by atoms with van der Waals surface area (Å²) in [5, 5.41) is 7.78. The van der Waals surface area contributed by atoms with Crippen LogP contribution >= 0.6 is 0 Å². The monoisotopic (exact) mass is 279 g/mol. The van der Waals surface area contributed by atoms with Crippen molar-refractivity contribution in [2.45, 2.75) is 19.9 Å². The third-order valence-electron chi connectivity index (χ3n) is 2.44. The van der Waals surface area contributed by atoms with Gasteiger partial charge in [0.2, 0.25) is 0 Å². The Bertz CT molecular complexity index is 449. The second kappa shape index (κ2) is 8.92. The maximum atomic E-state index is 11.5. The van der Waals surface area contributed by atoms with Crippen molar-refractivity contribution in [1.29, 1.82) is 0 Å². The quantitative estimate of drug-likeness (QED) is 0.696. The Labute approximate surface area is 118 Å². The van der Waals surface area contributed by atoms with E-state index in [1.807, 2.05) is 32.2 Å². The average molecular weight is 279 g/mol. The molecule has 1 rings (SSSR count). The maximum Gasteiger partial charge on any atom is 0.321 e. The van der Waals surface area contributed by atoms with E-state index in [0.29, 0.717) is 12.3 Å². The maximum absolute atomic E-state index is 11.5. The standard InChI is InChI=1S/C14H21N3O3/c1-3-7-16-14(19)17-13(18)10-20-12-6-4-5-11(8-12)9-15-2/h4-6,8,15H,3,7,9-10H2,1-2H3,(H2,16,17,18,19).